The van der Waals surface area contributed by atoms with Gasteiger partial charge in [-0.2, -0.15) is 0 Å². The molecule has 5 nitrogen and oxygen atoms in total. The van der Waals surface area contributed by atoms with E-state index in [-0.39, 0.29) is 0 Å². The van der Waals surface area contributed by atoms with Crippen LogP contribution in [0.3, 0.4) is 0 Å². The normalized spacial score (nSPS) is 11.9. The van der Waals surface area contributed by atoms with Gasteiger partial charge in [0.05, 0.1) is 27.8 Å². The zero-order valence-corrected chi connectivity index (χ0v) is 33.4. The molecule has 62 heavy (non-hydrogen) atoms. The minimum atomic E-state index is 0.627. The van der Waals surface area contributed by atoms with E-state index >= 15 is 0 Å². The van der Waals surface area contributed by atoms with Crippen LogP contribution in [0.2, 0.25) is 0 Å². The Morgan fingerprint density at radius 1 is 0.290 bits per heavy atom. The zero-order chi connectivity index (χ0) is 40.7. The van der Waals surface area contributed by atoms with Gasteiger partial charge in [0.1, 0.15) is 0 Å². The highest BCUT2D eigenvalue weighted by molar-refractivity contribution is 6.25. The van der Waals surface area contributed by atoms with Gasteiger partial charge >= 0.3 is 0 Å². The summed E-state index contributed by atoms with van der Waals surface area (Å²) >= 11 is 0. The fraction of sp³-hybridized carbons (Fsp3) is 0. The Morgan fingerprint density at radius 2 is 0.855 bits per heavy atom. The lowest BCUT2D eigenvalue weighted by Crippen LogP contribution is -2.02. The number of nitrogens with zero attached hydrogens (tertiary/aromatic N) is 5. The molecule has 0 atom stereocenters. The number of hydrogen-bond acceptors (Lipinski definition) is 3. The Balaban J connectivity index is 1.14. The molecule has 0 fully saturated rings. The van der Waals surface area contributed by atoms with Crippen LogP contribution < -0.4 is 0 Å². The molecule has 13 rings (SSSR count). The Morgan fingerprint density at radius 3 is 1.60 bits per heavy atom. The van der Waals surface area contributed by atoms with Crippen molar-refractivity contribution in [2.75, 3.05) is 0 Å². The van der Waals surface area contributed by atoms with Gasteiger partial charge in [-0.25, -0.2) is 15.0 Å². The van der Waals surface area contributed by atoms with Crippen molar-refractivity contribution in [2.45, 2.75) is 0 Å². The van der Waals surface area contributed by atoms with E-state index in [9.17, 15) is 0 Å². The Hall–Kier alpha value is -8.41. The van der Waals surface area contributed by atoms with Gasteiger partial charge in [-0.1, -0.05) is 170 Å². The fourth-order valence-electron chi connectivity index (χ4n) is 9.73. The van der Waals surface area contributed by atoms with Crippen molar-refractivity contribution in [3.8, 4) is 45.5 Å². The van der Waals surface area contributed by atoms with Crippen LogP contribution in [0.4, 0.5) is 0 Å². The summed E-state index contributed by atoms with van der Waals surface area (Å²) in [6.07, 6.45) is 0. The summed E-state index contributed by atoms with van der Waals surface area (Å²) in [5.74, 6) is 1.90. The summed E-state index contributed by atoms with van der Waals surface area (Å²) in [5.41, 5.74) is 9.61. The predicted octanol–water partition coefficient (Wildman–Crippen LogP) is 14.5. The molecule has 5 heteroatoms. The van der Waals surface area contributed by atoms with Crippen LogP contribution in [-0.4, -0.2) is 24.1 Å². The highest BCUT2D eigenvalue weighted by Gasteiger charge is 2.22. The quantitative estimate of drug-likeness (QED) is 0.174. The van der Waals surface area contributed by atoms with Gasteiger partial charge in [0.25, 0.3) is 0 Å². The standard InChI is InChI=1S/C57H35N5/c1-3-18-38(19-4-1)55-58-56(39-20-5-2-6-21-39)60-57(59-55)47-33-41(32-40-22-9-10-24-42(40)47)61-50-28-14-13-27-45(50)46-34-48-53(35-52(46)61)62(49-29-15-23-36-16-7-11-25-43(36)49)51-31-30-37-17-8-12-26-44(37)54(48)51/h1-35H. The molecule has 0 spiro atoms. The molecular weight excluding hydrogens is 755 g/mol. The first-order valence-electron chi connectivity index (χ1n) is 21.0. The third kappa shape index (κ3) is 5.25. The molecule has 0 aliphatic carbocycles. The summed E-state index contributed by atoms with van der Waals surface area (Å²) in [7, 11) is 0. The molecule has 13 aromatic rings. The summed E-state index contributed by atoms with van der Waals surface area (Å²) < 4.78 is 4.91. The lowest BCUT2D eigenvalue weighted by Gasteiger charge is -2.15. The highest BCUT2D eigenvalue weighted by Crippen LogP contribution is 2.43. The Kier molecular flexibility index (Phi) is 7.54. The van der Waals surface area contributed by atoms with Gasteiger partial charge in [-0.3, -0.25) is 0 Å². The SMILES string of the molecule is c1ccc(-c2nc(-c3ccccc3)nc(-c3cc(-n4c5ccccc5c5cc6c7c8ccccc8ccc7n(-c7cccc8ccccc78)c6cc54)cc4ccccc34)n2)cc1. The largest absolute Gasteiger partial charge is 0.309 e. The summed E-state index contributed by atoms with van der Waals surface area (Å²) in [4.78, 5) is 15.5. The molecule has 3 heterocycles. The Bertz CT molecular complexity index is 3860. The van der Waals surface area contributed by atoms with Crippen LogP contribution >= 0.6 is 0 Å². The molecule has 0 aliphatic rings. The minimum Gasteiger partial charge on any atom is -0.309 e. The second-order valence-electron chi connectivity index (χ2n) is 16.0. The number of aromatic nitrogens is 5. The molecule has 0 amide bonds. The van der Waals surface area contributed by atoms with Gasteiger partial charge in [0, 0.05) is 49.3 Å². The smallest absolute Gasteiger partial charge is 0.164 e. The van der Waals surface area contributed by atoms with Crippen molar-refractivity contribution >= 4 is 75.9 Å². The molecule has 0 aliphatic heterocycles. The lowest BCUT2D eigenvalue weighted by atomic mass is 10.0. The maximum atomic E-state index is 5.22. The van der Waals surface area contributed by atoms with E-state index in [1.54, 1.807) is 0 Å². The first-order valence-corrected chi connectivity index (χ1v) is 21.0. The molecule has 3 aromatic heterocycles. The molecule has 288 valence electrons. The Labute approximate surface area is 356 Å². The second-order valence-corrected chi connectivity index (χ2v) is 16.0. The number of hydrogen-bond donors (Lipinski definition) is 0. The van der Waals surface area contributed by atoms with Crippen molar-refractivity contribution in [1.82, 2.24) is 24.1 Å². The van der Waals surface area contributed by atoms with E-state index < -0.39 is 0 Å². The summed E-state index contributed by atoms with van der Waals surface area (Å²) in [5, 5.41) is 12.0. The lowest BCUT2D eigenvalue weighted by molar-refractivity contribution is 1.07. The molecule has 0 saturated carbocycles. The van der Waals surface area contributed by atoms with Crippen molar-refractivity contribution in [2.24, 2.45) is 0 Å². The first-order chi connectivity index (χ1) is 30.7. The van der Waals surface area contributed by atoms with E-state index in [4.69, 9.17) is 15.0 Å². The van der Waals surface area contributed by atoms with E-state index in [1.807, 2.05) is 36.4 Å². The molecular formula is C57H35N5. The van der Waals surface area contributed by atoms with Gasteiger partial charge in [-0.05, 0) is 69.4 Å². The van der Waals surface area contributed by atoms with Gasteiger partial charge in [0.2, 0.25) is 0 Å². The minimum absolute atomic E-state index is 0.627. The topological polar surface area (TPSA) is 48.5 Å². The van der Waals surface area contributed by atoms with Crippen LogP contribution in [0.15, 0.2) is 212 Å². The molecule has 0 N–H and O–H groups in total. The van der Waals surface area contributed by atoms with E-state index in [0.717, 1.165) is 55.4 Å². The van der Waals surface area contributed by atoms with Crippen molar-refractivity contribution < 1.29 is 0 Å². The fourth-order valence-corrected chi connectivity index (χ4v) is 9.73. The predicted molar refractivity (Wildman–Crippen MR) is 257 cm³/mol. The summed E-state index contributed by atoms with van der Waals surface area (Å²) in [6, 6.07) is 75.8. The summed E-state index contributed by atoms with van der Waals surface area (Å²) in [6.45, 7) is 0. The van der Waals surface area contributed by atoms with E-state index in [2.05, 4.69) is 185 Å². The molecule has 0 unspecified atom stereocenters. The van der Waals surface area contributed by atoms with Crippen LogP contribution in [0.5, 0.6) is 0 Å². The number of benzene rings is 10. The number of fused-ring (bicyclic) bond motifs is 10. The van der Waals surface area contributed by atoms with E-state index in [1.165, 1.54) is 48.6 Å². The maximum Gasteiger partial charge on any atom is 0.164 e. The highest BCUT2D eigenvalue weighted by atomic mass is 15.0. The molecule has 10 aromatic carbocycles. The van der Waals surface area contributed by atoms with Crippen molar-refractivity contribution in [3.05, 3.63) is 212 Å². The molecule has 0 radical (unpaired) electrons. The maximum absolute atomic E-state index is 5.22. The molecule has 0 bridgehead atoms. The second kappa shape index (κ2) is 13.6. The third-order valence-corrected chi connectivity index (χ3v) is 12.5. The number of rotatable bonds is 5. The monoisotopic (exact) mass is 789 g/mol. The van der Waals surface area contributed by atoms with Gasteiger partial charge in [0.15, 0.2) is 17.5 Å². The van der Waals surface area contributed by atoms with E-state index in [0.29, 0.717) is 17.5 Å². The van der Waals surface area contributed by atoms with Crippen molar-refractivity contribution in [3.63, 3.8) is 0 Å². The average Bonchev–Trinajstić information content (AvgIpc) is 3.85. The molecule has 0 saturated heterocycles. The van der Waals surface area contributed by atoms with Crippen molar-refractivity contribution in [1.29, 1.82) is 0 Å². The van der Waals surface area contributed by atoms with Gasteiger partial charge < -0.3 is 9.13 Å². The van der Waals surface area contributed by atoms with Crippen LogP contribution in [0.25, 0.3) is 121 Å². The van der Waals surface area contributed by atoms with Crippen LogP contribution in [0, 0.1) is 0 Å². The van der Waals surface area contributed by atoms with Crippen LogP contribution in [0.1, 0.15) is 0 Å². The third-order valence-electron chi connectivity index (χ3n) is 12.5. The zero-order valence-electron chi connectivity index (χ0n) is 33.4. The number of para-hydroxylation sites is 1. The van der Waals surface area contributed by atoms with Crippen LogP contribution in [-0.2, 0) is 0 Å². The average molecular weight is 790 g/mol. The van der Waals surface area contributed by atoms with Gasteiger partial charge in [-0.15, -0.1) is 0 Å². The first kappa shape index (κ1) is 34.5.